The summed E-state index contributed by atoms with van der Waals surface area (Å²) in [6.45, 7) is 3.36. The first-order chi connectivity index (χ1) is 12.8. The molecule has 2 aromatic rings. The van der Waals surface area contributed by atoms with Crippen molar-refractivity contribution in [2.45, 2.75) is 25.6 Å². The topological polar surface area (TPSA) is 23.6 Å². The van der Waals surface area contributed by atoms with Crippen molar-refractivity contribution in [3.8, 4) is 0 Å². The maximum absolute atomic E-state index is 14.2. The Morgan fingerprint density at radius 1 is 1.11 bits per heavy atom. The monoisotopic (exact) mass is 400 g/mol. The van der Waals surface area contributed by atoms with Crippen LogP contribution in [0, 0.1) is 5.82 Å². The van der Waals surface area contributed by atoms with E-state index in [1.54, 1.807) is 16.2 Å². The molecule has 0 spiro atoms. The van der Waals surface area contributed by atoms with Gasteiger partial charge >= 0.3 is 6.18 Å². The van der Waals surface area contributed by atoms with E-state index >= 15 is 0 Å². The van der Waals surface area contributed by atoms with Crippen LogP contribution in [0.25, 0.3) is 0 Å². The van der Waals surface area contributed by atoms with Crippen molar-refractivity contribution in [1.29, 1.82) is 0 Å². The Kier molecular flexibility index (Phi) is 6.16. The van der Waals surface area contributed by atoms with Crippen LogP contribution in [0.1, 0.15) is 23.1 Å². The summed E-state index contributed by atoms with van der Waals surface area (Å²) < 4.78 is 52.7. The van der Waals surface area contributed by atoms with Gasteiger partial charge in [-0.05, 0) is 40.4 Å². The number of alkyl halides is 3. The zero-order valence-electron chi connectivity index (χ0n) is 14.6. The van der Waals surface area contributed by atoms with Crippen LogP contribution in [-0.4, -0.2) is 41.9 Å². The summed E-state index contributed by atoms with van der Waals surface area (Å²) in [7, 11) is 0. The molecule has 0 aliphatic carbocycles. The molecule has 27 heavy (non-hydrogen) atoms. The molecule has 1 aliphatic rings. The van der Waals surface area contributed by atoms with Gasteiger partial charge < -0.3 is 4.90 Å². The zero-order valence-corrected chi connectivity index (χ0v) is 15.5. The molecular formula is C19H20F4N2OS. The number of thiophene rings is 1. The lowest BCUT2D eigenvalue weighted by atomic mass is 10.1. The lowest BCUT2D eigenvalue weighted by Crippen LogP contribution is -2.36. The molecule has 146 valence electrons. The fraction of sp³-hybridized carbons (Fsp3) is 0.421. The van der Waals surface area contributed by atoms with Gasteiger partial charge in [0.2, 0.25) is 5.91 Å². The third kappa shape index (κ3) is 5.07. The van der Waals surface area contributed by atoms with Gasteiger partial charge in [0.1, 0.15) is 5.82 Å². The van der Waals surface area contributed by atoms with E-state index in [-0.39, 0.29) is 17.9 Å². The molecule has 0 unspecified atom stereocenters. The van der Waals surface area contributed by atoms with Crippen molar-refractivity contribution in [1.82, 2.24) is 9.80 Å². The Balaban J connectivity index is 1.62. The normalized spacial score (nSPS) is 16.4. The largest absolute Gasteiger partial charge is 0.419 e. The number of benzene rings is 1. The summed E-state index contributed by atoms with van der Waals surface area (Å²) in [6.07, 6.45) is -4.35. The second-order valence-corrected chi connectivity index (χ2v) is 7.38. The first kappa shape index (κ1) is 19.8. The SMILES string of the molecule is O=C(Cc1cccc(C(F)(F)F)c1F)N1CCCN(Cc2ccsc2)CC1. The summed E-state index contributed by atoms with van der Waals surface area (Å²) in [6, 6.07) is 5.13. The highest BCUT2D eigenvalue weighted by Crippen LogP contribution is 2.32. The molecule has 0 radical (unpaired) electrons. The average Bonchev–Trinajstić information content (AvgIpc) is 3.00. The molecule has 0 atom stereocenters. The van der Waals surface area contributed by atoms with E-state index in [0.29, 0.717) is 25.7 Å². The number of nitrogens with zero attached hydrogens (tertiary/aromatic N) is 2. The summed E-state index contributed by atoms with van der Waals surface area (Å²) in [5.41, 5.74) is -0.314. The van der Waals surface area contributed by atoms with Crippen molar-refractivity contribution in [2.75, 3.05) is 26.2 Å². The Morgan fingerprint density at radius 2 is 1.93 bits per heavy atom. The van der Waals surface area contributed by atoms with Crippen molar-refractivity contribution in [2.24, 2.45) is 0 Å². The van der Waals surface area contributed by atoms with E-state index in [4.69, 9.17) is 0 Å². The highest BCUT2D eigenvalue weighted by molar-refractivity contribution is 7.07. The minimum atomic E-state index is -4.77. The first-order valence-corrected chi connectivity index (χ1v) is 9.64. The van der Waals surface area contributed by atoms with Crippen molar-refractivity contribution < 1.29 is 22.4 Å². The highest BCUT2D eigenvalue weighted by atomic mass is 32.1. The first-order valence-electron chi connectivity index (χ1n) is 8.70. The molecule has 2 heterocycles. The molecule has 8 heteroatoms. The lowest BCUT2D eigenvalue weighted by molar-refractivity contribution is -0.140. The quantitative estimate of drug-likeness (QED) is 0.719. The van der Waals surface area contributed by atoms with Crippen LogP contribution < -0.4 is 0 Å². The number of amides is 1. The van der Waals surface area contributed by atoms with Crippen molar-refractivity contribution >= 4 is 17.2 Å². The second kappa shape index (κ2) is 8.39. The third-order valence-electron chi connectivity index (χ3n) is 4.65. The minimum absolute atomic E-state index is 0.214. The maximum atomic E-state index is 14.2. The molecule has 0 saturated carbocycles. The van der Waals surface area contributed by atoms with Crippen LogP contribution in [0.5, 0.6) is 0 Å². The zero-order chi connectivity index (χ0) is 19.4. The Hall–Kier alpha value is -1.93. The molecule has 1 saturated heterocycles. The number of hydrogen-bond acceptors (Lipinski definition) is 3. The number of carbonyl (C=O) groups is 1. The van der Waals surface area contributed by atoms with Crippen LogP contribution in [-0.2, 0) is 23.9 Å². The Morgan fingerprint density at radius 3 is 2.63 bits per heavy atom. The van der Waals surface area contributed by atoms with E-state index < -0.39 is 17.6 Å². The van der Waals surface area contributed by atoms with E-state index in [9.17, 15) is 22.4 Å². The molecule has 1 aliphatic heterocycles. The Labute approximate surface area is 159 Å². The summed E-state index contributed by atoms with van der Waals surface area (Å²) in [4.78, 5) is 16.4. The lowest BCUT2D eigenvalue weighted by Gasteiger charge is -2.22. The molecule has 1 amide bonds. The van der Waals surface area contributed by atoms with Crippen LogP contribution in [0.4, 0.5) is 17.6 Å². The van der Waals surface area contributed by atoms with Gasteiger partial charge in [-0.25, -0.2) is 4.39 Å². The number of carbonyl (C=O) groups excluding carboxylic acids is 1. The van der Waals surface area contributed by atoms with Gasteiger partial charge in [-0.2, -0.15) is 24.5 Å². The molecule has 3 rings (SSSR count). The van der Waals surface area contributed by atoms with Gasteiger partial charge in [-0.15, -0.1) is 0 Å². The smallest absolute Gasteiger partial charge is 0.341 e. The van der Waals surface area contributed by atoms with Crippen LogP contribution in [0.15, 0.2) is 35.0 Å². The fourth-order valence-electron chi connectivity index (χ4n) is 3.23. The van der Waals surface area contributed by atoms with Crippen molar-refractivity contribution in [3.05, 3.63) is 57.5 Å². The molecule has 1 fully saturated rings. The number of hydrogen-bond donors (Lipinski definition) is 0. The predicted molar refractivity (Wildman–Crippen MR) is 95.9 cm³/mol. The van der Waals surface area contributed by atoms with Crippen molar-refractivity contribution in [3.63, 3.8) is 0 Å². The summed E-state index contributed by atoms with van der Waals surface area (Å²) in [5, 5.41) is 4.11. The maximum Gasteiger partial charge on any atom is 0.419 e. The Bertz CT molecular complexity index is 777. The minimum Gasteiger partial charge on any atom is -0.341 e. The summed E-state index contributed by atoms with van der Waals surface area (Å²) >= 11 is 1.64. The average molecular weight is 400 g/mol. The predicted octanol–water partition coefficient (Wildman–Crippen LogP) is 4.18. The van der Waals surface area contributed by atoms with E-state index in [1.807, 2.05) is 5.38 Å². The van der Waals surface area contributed by atoms with Crippen LogP contribution in [0.2, 0.25) is 0 Å². The highest BCUT2D eigenvalue weighted by Gasteiger charge is 2.35. The summed E-state index contributed by atoms with van der Waals surface area (Å²) in [5.74, 6) is -1.70. The fourth-order valence-corrected chi connectivity index (χ4v) is 3.89. The molecule has 3 nitrogen and oxygen atoms in total. The van der Waals surface area contributed by atoms with Gasteiger partial charge in [0.15, 0.2) is 0 Å². The molecule has 1 aromatic heterocycles. The standard InChI is InChI=1S/C19H20F4N2OS/c20-18-15(3-1-4-16(18)19(21,22)23)11-17(26)25-7-2-6-24(8-9-25)12-14-5-10-27-13-14/h1,3-5,10,13H,2,6-9,11-12H2. The van der Waals surface area contributed by atoms with Gasteiger partial charge in [-0.3, -0.25) is 9.69 Å². The number of halogens is 4. The van der Waals surface area contributed by atoms with E-state index in [1.165, 1.54) is 11.6 Å². The number of rotatable bonds is 4. The van der Waals surface area contributed by atoms with E-state index in [2.05, 4.69) is 16.3 Å². The molecular weight excluding hydrogens is 380 g/mol. The third-order valence-corrected chi connectivity index (χ3v) is 5.39. The molecule has 0 bridgehead atoms. The van der Waals surface area contributed by atoms with E-state index in [0.717, 1.165) is 25.6 Å². The van der Waals surface area contributed by atoms with Crippen LogP contribution >= 0.6 is 11.3 Å². The second-order valence-electron chi connectivity index (χ2n) is 6.60. The van der Waals surface area contributed by atoms with Gasteiger partial charge in [-0.1, -0.05) is 12.1 Å². The molecule has 0 N–H and O–H groups in total. The van der Waals surface area contributed by atoms with Gasteiger partial charge in [0.25, 0.3) is 0 Å². The van der Waals surface area contributed by atoms with Gasteiger partial charge in [0, 0.05) is 32.7 Å². The molecule has 1 aromatic carbocycles. The van der Waals surface area contributed by atoms with Gasteiger partial charge in [0.05, 0.1) is 12.0 Å². The van der Waals surface area contributed by atoms with Crippen LogP contribution in [0.3, 0.4) is 0 Å².